The fourth-order valence-corrected chi connectivity index (χ4v) is 4.08. The zero-order valence-corrected chi connectivity index (χ0v) is 13.6. The average molecular weight is 333 g/mol. The molecule has 0 saturated carbocycles. The highest BCUT2D eigenvalue weighted by atomic mass is 32.2. The van der Waals surface area contributed by atoms with Gasteiger partial charge in [0.1, 0.15) is 0 Å². The van der Waals surface area contributed by atoms with E-state index >= 15 is 0 Å². The van der Waals surface area contributed by atoms with Crippen molar-refractivity contribution < 1.29 is 4.79 Å². The minimum absolute atomic E-state index is 0.0873. The maximum atomic E-state index is 12.3. The molecule has 2 aromatic rings. The Labute approximate surface area is 136 Å². The number of carbonyl (C=O) groups excluding carboxylic acids is 1. The summed E-state index contributed by atoms with van der Waals surface area (Å²) in [5, 5.41) is 3.62. The van der Waals surface area contributed by atoms with Gasteiger partial charge >= 0.3 is 0 Å². The van der Waals surface area contributed by atoms with E-state index < -0.39 is 0 Å². The molecule has 114 valence electrons. The summed E-state index contributed by atoms with van der Waals surface area (Å²) in [5.41, 5.74) is 0.710. The van der Waals surface area contributed by atoms with E-state index in [9.17, 15) is 9.59 Å². The van der Waals surface area contributed by atoms with Crippen molar-refractivity contribution in [2.75, 3.05) is 17.3 Å². The van der Waals surface area contributed by atoms with Gasteiger partial charge < -0.3 is 5.32 Å². The summed E-state index contributed by atoms with van der Waals surface area (Å²) >= 11 is 3.10. The lowest BCUT2D eigenvalue weighted by Crippen LogP contribution is -2.26. The van der Waals surface area contributed by atoms with Gasteiger partial charge in [0.2, 0.25) is 5.91 Å². The number of hydrogen-bond acceptors (Lipinski definition) is 5. The number of nitrogens with one attached hydrogen (secondary N) is 1. The molecule has 1 atom stereocenters. The predicted octanol–water partition coefficient (Wildman–Crippen LogP) is 2.64. The number of thioether (sulfide) groups is 2. The number of fused-ring (bicyclic) bond motifs is 1. The van der Waals surface area contributed by atoms with Crippen molar-refractivity contribution in [1.82, 2.24) is 9.55 Å². The van der Waals surface area contributed by atoms with Gasteiger partial charge in [-0.2, -0.15) is 0 Å². The maximum absolute atomic E-state index is 12.3. The molecular weight excluding hydrogens is 318 g/mol. The van der Waals surface area contributed by atoms with E-state index in [1.54, 1.807) is 16.3 Å². The van der Waals surface area contributed by atoms with Crippen molar-refractivity contribution in [2.24, 2.45) is 0 Å². The monoisotopic (exact) mass is 333 g/mol. The van der Waals surface area contributed by atoms with E-state index in [2.05, 4.69) is 10.3 Å². The van der Waals surface area contributed by atoms with E-state index in [1.165, 1.54) is 24.0 Å². The minimum atomic E-state index is -0.136. The molecule has 0 bridgehead atoms. The predicted molar refractivity (Wildman–Crippen MR) is 89.7 cm³/mol. The third-order valence-corrected chi connectivity index (χ3v) is 5.33. The molecule has 2 heterocycles. The highest BCUT2D eigenvalue weighted by Crippen LogP contribution is 2.32. The molecule has 0 fully saturated rings. The van der Waals surface area contributed by atoms with Crippen LogP contribution in [0.4, 0.5) is 5.69 Å². The molecule has 0 saturated heterocycles. The van der Waals surface area contributed by atoms with Crippen LogP contribution in [0.15, 0.2) is 51.4 Å². The zero-order chi connectivity index (χ0) is 15.5. The van der Waals surface area contributed by atoms with Gasteiger partial charge in [0.15, 0.2) is 5.16 Å². The van der Waals surface area contributed by atoms with Crippen molar-refractivity contribution in [3.8, 4) is 0 Å². The first-order valence-electron chi connectivity index (χ1n) is 6.82. The van der Waals surface area contributed by atoms with Crippen LogP contribution in [-0.4, -0.2) is 27.5 Å². The summed E-state index contributed by atoms with van der Waals surface area (Å²) in [6, 6.07) is 8.98. The van der Waals surface area contributed by atoms with Gasteiger partial charge in [-0.1, -0.05) is 23.9 Å². The number of benzene rings is 1. The highest BCUT2D eigenvalue weighted by molar-refractivity contribution is 7.99. The summed E-state index contributed by atoms with van der Waals surface area (Å²) in [4.78, 5) is 29.4. The Bertz CT molecular complexity index is 760. The molecule has 0 aliphatic carbocycles. The molecule has 0 unspecified atom stereocenters. The lowest BCUT2D eigenvalue weighted by molar-refractivity contribution is -0.116. The van der Waals surface area contributed by atoms with Crippen LogP contribution in [0.1, 0.15) is 12.5 Å². The highest BCUT2D eigenvalue weighted by Gasteiger charge is 2.26. The standard InChI is InChI=1S/C15H15N3O2S2/c1-21-12-5-3-2-4-11(12)17-13(19)8-10-9-22-15-16-7-6-14(20)18(10)15/h2-7,10H,8-9H2,1H3,(H,17,19)/t10-/m1/s1. The van der Waals surface area contributed by atoms with Gasteiger partial charge in [0.25, 0.3) is 5.56 Å². The van der Waals surface area contributed by atoms with Gasteiger partial charge in [-0.15, -0.1) is 11.8 Å². The Morgan fingerprint density at radius 2 is 2.27 bits per heavy atom. The first-order valence-corrected chi connectivity index (χ1v) is 9.03. The van der Waals surface area contributed by atoms with Crippen LogP contribution in [0.25, 0.3) is 0 Å². The quantitative estimate of drug-likeness (QED) is 0.688. The first kappa shape index (κ1) is 15.2. The molecule has 1 aliphatic heterocycles. The van der Waals surface area contributed by atoms with E-state index in [4.69, 9.17) is 0 Å². The number of nitrogens with zero attached hydrogens (tertiary/aromatic N) is 2. The van der Waals surface area contributed by atoms with Gasteiger partial charge in [0, 0.05) is 29.3 Å². The number of rotatable bonds is 4. The van der Waals surface area contributed by atoms with Crippen LogP contribution in [0.3, 0.4) is 0 Å². The molecule has 0 radical (unpaired) electrons. The Balaban J connectivity index is 1.73. The minimum Gasteiger partial charge on any atom is -0.325 e. The second kappa shape index (κ2) is 6.58. The van der Waals surface area contributed by atoms with Crippen molar-refractivity contribution >= 4 is 35.1 Å². The molecule has 3 rings (SSSR count). The normalized spacial score (nSPS) is 16.3. The molecule has 1 N–H and O–H groups in total. The summed E-state index contributed by atoms with van der Waals surface area (Å²) in [7, 11) is 0. The van der Waals surface area contributed by atoms with Crippen molar-refractivity contribution in [1.29, 1.82) is 0 Å². The largest absolute Gasteiger partial charge is 0.325 e. The fourth-order valence-electron chi connectivity index (χ4n) is 2.40. The molecule has 5 nitrogen and oxygen atoms in total. The summed E-state index contributed by atoms with van der Waals surface area (Å²) in [6.07, 6.45) is 3.76. The SMILES string of the molecule is CSc1ccccc1NC(=O)C[C@@H]1CSc2nccc(=O)n21. The van der Waals surface area contributed by atoms with Gasteiger partial charge in [0.05, 0.1) is 11.7 Å². The summed E-state index contributed by atoms with van der Waals surface area (Å²) < 4.78 is 1.62. The second-order valence-corrected chi connectivity index (χ2v) is 6.69. The lowest BCUT2D eigenvalue weighted by atomic mass is 10.2. The van der Waals surface area contributed by atoms with Crippen molar-refractivity contribution in [3.05, 3.63) is 46.9 Å². The van der Waals surface area contributed by atoms with Crippen LogP contribution in [0, 0.1) is 0 Å². The average Bonchev–Trinajstić information content (AvgIpc) is 2.92. The molecule has 1 amide bonds. The number of anilines is 1. The molecule has 0 spiro atoms. The van der Waals surface area contributed by atoms with E-state index in [0.29, 0.717) is 10.9 Å². The Morgan fingerprint density at radius 1 is 1.45 bits per heavy atom. The van der Waals surface area contributed by atoms with Gasteiger partial charge in [-0.05, 0) is 18.4 Å². The van der Waals surface area contributed by atoms with Crippen LogP contribution >= 0.6 is 23.5 Å². The third kappa shape index (κ3) is 3.05. The third-order valence-electron chi connectivity index (χ3n) is 3.42. The molecule has 1 aliphatic rings. The second-order valence-electron chi connectivity index (χ2n) is 4.85. The number of amides is 1. The molecular formula is C15H15N3O2S2. The van der Waals surface area contributed by atoms with Crippen LogP contribution in [-0.2, 0) is 4.79 Å². The summed E-state index contributed by atoms with van der Waals surface area (Å²) in [6.45, 7) is 0. The first-order chi connectivity index (χ1) is 10.7. The number of carbonyl (C=O) groups is 1. The lowest BCUT2D eigenvalue weighted by Gasteiger charge is -2.14. The van der Waals surface area contributed by atoms with E-state index in [-0.39, 0.29) is 23.9 Å². The van der Waals surface area contributed by atoms with Crippen molar-refractivity contribution in [2.45, 2.75) is 22.5 Å². The Hall–Kier alpha value is -1.73. The topological polar surface area (TPSA) is 64.0 Å². The number of para-hydroxylation sites is 1. The van der Waals surface area contributed by atoms with E-state index in [1.807, 2.05) is 30.5 Å². The number of aromatic nitrogens is 2. The smallest absolute Gasteiger partial charge is 0.254 e. The summed E-state index contributed by atoms with van der Waals surface area (Å²) in [5.74, 6) is 0.611. The Morgan fingerprint density at radius 3 is 3.09 bits per heavy atom. The zero-order valence-electron chi connectivity index (χ0n) is 12.0. The van der Waals surface area contributed by atoms with Crippen molar-refractivity contribution in [3.63, 3.8) is 0 Å². The van der Waals surface area contributed by atoms with Crippen LogP contribution < -0.4 is 10.9 Å². The molecule has 1 aromatic carbocycles. The Kier molecular flexibility index (Phi) is 4.54. The fraction of sp³-hybridized carbons (Fsp3) is 0.267. The molecule has 7 heteroatoms. The number of hydrogen-bond donors (Lipinski definition) is 1. The van der Waals surface area contributed by atoms with E-state index in [0.717, 1.165) is 10.6 Å². The van der Waals surface area contributed by atoms with Gasteiger partial charge in [-0.3, -0.25) is 14.2 Å². The van der Waals surface area contributed by atoms with Crippen LogP contribution in [0.5, 0.6) is 0 Å². The van der Waals surface area contributed by atoms with Crippen LogP contribution in [0.2, 0.25) is 0 Å². The maximum Gasteiger partial charge on any atom is 0.254 e. The molecule has 1 aromatic heterocycles. The van der Waals surface area contributed by atoms with Gasteiger partial charge in [-0.25, -0.2) is 4.98 Å². The molecule has 22 heavy (non-hydrogen) atoms.